The second-order valence-electron chi connectivity index (χ2n) is 4.78. The maximum absolute atomic E-state index is 5.62. The summed E-state index contributed by atoms with van der Waals surface area (Å²) < 4.78 is 5.62. The van der Waals surface area contributed by atoms with Crippen LogP contribution in [-0.2, 0) is 11.2 Å². The number of rotatable bonds is 2. The number of hydrogen-bond acceptors (Lipinski definition) is 1. The van der Waals surface area contributed by atoms with Crippen LogP contribution < -0.4 is 0 Å². The molecular weight excluding hydrogens is 184 g/mol. The van der Waals surface area contributed by atoms with Gasteiger partial charge in [0.1, 0.15) is 0 Å². The van der Waals surface area contributed by atoms with E-state index in [1.807, 2.05) is 7.11 Å². The van der Waals surface area contributed by atoms with Gasteiger partial charge in [0.2, 0.25) is 0 Å². The minimum Gasteiger partial charge on any atom is -0.381 e. The van der Waals surface area contributed by atoms with Crippen LogP contribution in [0.25, 0.3) is 0 Å². The molecule has 0 bridgehead atoms. The molecule has 0 saturated carbocycles. The Morgan fingerprint density at radius 1 is 1.27 bits per heavy atom. The quantitative estimate of drug-likeness (QED) is 0.717. The highest BCUT2D eigenvalue weighted by Crippen LogP contribution is 2.38. The Kier molecular flexibility index (Phi) is 3.11. The number of ether oxygens (including phenoxy) is 1. The average molecular weight is 204 g/mol. The van der Waals surface area contributed by atoms with Gasteiger partial charge in [-0.25, -0.2) is 0 Å². The van der Waals surface area contributed by atoms with Crippen LogP contribution in [0.4, 0.5) is 0 Å². The summed E-state index contributed by atoms with van der Waals surface area (Å²) in [5.74, 6) is 1.22. The lowest BCUT2D eigenvalue weighted by molar-refractivity contribution is 0.0521. The van der Waals surface area contributed by atoms with E-state index in [0.29, 0.717) is 17.9 Å². The average Bonchev–Trinajstić information content (AvgIpc) is 2.27. The molecule has 1 heteroatoms. The largest absolute Gasteiger partial charge is 0.381 e. The molecule has 2 unspecified atom stereocenters. The predicted molar refractivity (Wildman–Crippen MR) is 63.1 cm³/mol. The zero-order valence-corrected chi connectivity index (χ0v) is 9.86. The minimum absolute atomic E-state index is 0.403. The molecule has 1 aromatic carbocycles. The van der Waals surface area contributed by atoms with E-state index in [2.05, 4.69) is 38.1 Å². The molecule has 0 aliphatic heterocycles. The third kappa shape index (κ3) is 1.93. The summed E-state index contributed by atoms with van der Waals surface area (Å²) >= 11 is 0. The van der Waals surface area contributed by atoms with E-state index in [0.717, 1.165) is 12.8 Å². The molecule has 0 amide bonds. The highest BCUT2D eigenvalue weighted by molar-refractivity contribution is 5.34. The van der Waals surface area contributed by atoms with Crippen molar-refractivity contribution in [3.63, 3.8) is 0 Å². The van der Waals surface area contributed by atoms with Crippen LogP contribution in [-0.4, -0.2) is 13.2 Å². The first-order valence-corrected chi connectivity index (χ1v) is 5.84. The SMILES string of the molecule is COC1CCc2ccccc2C1C(C)C. The van der Waals surface area contributed by atoms with Crippen LogP contribution in [0, 0.1) is 5.92 Å². The molecule has 1 aliphatic rings. The van der Waals surface area contributed by atoms with Gasteiger partial charge in [-0.15, -0.1) is 0 Å². The summed E-state index contributed by atoms with van der Waals surface area (Å²) in [7, 11) is 1.84. The van der Waals surface area contributed by atoms with Crippen molar-refractivity contribution in [2.24, 2.45) is 5.92 Å². The van der Waals surface area contributed by atoms with Crippen LogP contribution >= 0.6 is 0 Å². The molecule has 0 saturated heterocycles. The second-order valence-corrected chi connectivity index (χ2v) is 4.78. The maximum Gasteiger partial charge on any atom is 0.0645 e. The van der Waals surface area contributed by atoms with E-state index in [9.17, 15) is 0 Å². The van der Waals surface area contributed by atoms with Crippen molar-refractivity contribution in [1.82, 2.24) is 0 Å². The predicted octanol–water partition coefficient (Wildman–Crippen LogP) is 3.39. The summed E-state index contributed by atoms with van der Waals surface area (Å²) in [6, 6.07) is 8.82. The van der Waals surface area contributed by atoms with Crippen LogP contribution in [0.2, 0.25) is 0 Å². The molecule has 0 aromatic heterocycles. The van der Waals surface area contributed by atoms with Gasteiger partial charge in [0.05, 0.1) is 6.10 Å². The molecule has 2 rings (SSSR count). The van der Waals surface area contributed by atoms with Crippen molar-refractivity contribution < 1.29 is 4.74 Å². The fourth-order valence-electron chi connectivity index (χ4n) is 2.82. The van der Waals surface area contributed by atoms with E-state index in [-0.39, 0.29) is 0 Å². The molecule has 1 aromatic rings. The highest BCUT2D eigenvalue weighted by atomic mass is 16.5. The molecule has 0 N–H and O–H groups in total. The van der Waals surface area contributed by atoms with Crippen molar-refractivity contribution in [3.05, 3.63) is 35.4 Å². The highest BCUT2D eigenvalue weighted by Gasteiger charge is 2.31. The van der Waals surface area contributed by atoms with Gasteiger partial charge in [-0.2, -0.15) is 0 Å². The molecule has 15 heavy (non-hydrogen) atoms. The zero-order chi connectivity index (χ0) is 10.8. The topological polar surface area (TPSA) is 9.23 Å². The van der Waals surface area contributed by atoms with Crippen LogP contribution in [0.15, 0.2) is 24.3 Å². The Balaban J connectivity index is 2.38. The zero-order valence-electron chi connectivity index (χ0n) is 9.86. The lowest BCUT2D eigenvalue weighted by atomic mass is 9.75. The molecule has 0 heterocycles. The Morgan fingerprint density at radius 2 is 2.00 bits per heavy atom. The number of benzene rings is 1. The summed E-state index contributed by atoms with van der Waals surface area (Å²) in [6.07, 6.45) is 2.73. The van der Waals surface area contributed by atoms with Gasteiger partial charge in [0.15, 0.2) is 0 Å². The number of fused-ring (bicyclic) bond motifs is 1. The van der Waals surface area contributed by atoms with Crippen LogP contribution in [0.1, 0.15) is 37.3 Å². The van der Waals surface area contributed by atoms with E-state index in [1.165, 1.54) is 11.1 Å². The standard InChI is InChI=1S/C14H20O/c1-10(2)14-12-7-5-4-6-11(12)8-9-13(14)15-3/h4-7,10,13-14H,8-9H2,1-3H3. The molecule has 2 atom stereocenters. The third-order valence-corrected chi connectivity index (χ3v) is 3.53. The third-order valence-electron chi connectivity index (χ3n) is 3.53. The first-order valence-electron chi connectivity index (χ1n) is 5.84. The van der Waals surface area contributed by atoms with Gasteiger partial charge in [0, 0.05) is 13.0 Å². The number of methoxy groups -OCH3 is 1. The first-order chi connectivity index (χ1) is 7.24. The minimum atomic E-state index is 0.403. The van der Waals surface area contributed by atoms with E-state index in [4.69, 9.17) is 4.74 Å². The van der Waals surface area contributed by atoms with Gasteiger partial charge in [-0.1, -0.05) is 38.1 Å². The van der Waals surface area contributed by atoms with E-state index in [1.54, 1.807) is 0 Å². The Morgan fingerprint density at radius 3 is 2.67 bits per heavy atom. The van der Waals surface area contributed by atoms with E-state index < -0.39 is 0 Å². The van der Waals surface area contributed by atoms with Crippen LogP contribution in [0.5, 0.6) is 0 Å². The molecule has 0 fully saturated rings. The Labute approximate surface area is 92.5 Å². The Hall–Kier alpha value is -0.820. The molecule has 0 radical (unpaired) electrons. The molecular formula is C14H20O. The Bertz CT molecular complexity index is 330. The normalized spacial score (nSPS) is 25.3. The molecule has 0 spiro atoms. The monoisotopic (exact) mass is 204 g/mol. The van der Waals surface area contributed by atoms with Crippen LogP contribution in [0.3, 0.4) is 0 Å². The van der Waals surface area contributed by atoms with Gasteiger partial charge in [-0.3, -0.25) is 0 Å². The van der Waals surface area contributed by atoms with Crippen molar-refractivity contribution in [3.8, 4) is 0 Å². The fourth-order valence-corrected chi connectivity index (χ4v) is 2.82. The summed E-state index contributed by atoms with van der Waals surface area (Å²) in [6.45, 7) is 4.58. The second kappa shape index (κ2) is 4.36. The smallest absolute Gasteiger partial charge is 0.0645 e. The summed E-state index contributed by atoms with van der Waals surface area (Å²) in [4.78, 5) is 0. The number of aryl methyl sites for hydroxylation is 1. The lowest BCUT2D eigenvalue weighted by Gasteiger charge is -2.35. The van der Waals surface area contributed by atoms with E-state index >= 15 is 0 Å². The van der Waals surface area contributed by atoms with Gasteiger partial charge in [0.25, 0.3) is 0 Å². The van der Waals surface area contributed by atoms with Gasteiger partial charge in [-0.05, 0) is 29.9 Å². The number of hydrogen-bond donors (Lipinski definition) is 0. The molecule has 82 valence electrons. The molecule has 1 aliphatic carbocycles. The summed E-state index contributed by atoms with van der Waals surface area (Å²) in [5.41, 5.74) is 3.02. The van der Waals surface area contributed by atoms with Crippen molar-refractivity contribution in [2.75, 3.05) is 7.11 Å². The molecule has 1 nitrogen and oxygen atoms in total. The van der Waals surface area contributed by atoms with Gasteiger partial charge >= 0.3 is 0 Å². The maximum atomic E-state index is 5.62. The fraction of sp³-hybridized carbons (Fsp3) is 0.571. The van der Waals surface area contributed by atoms with Crippen molar-refractivity contribution in [2.45, 2.75) is 38.7 Å². The first kappa shape index (κ1) is 10.7. The van der Waals surface area contributed by atoms with Crippen molar-refractivity contribution >= 4 is 0 Å². The summed E-state index contributed by atoms with van der Waals surface area (Å²) in [5, 5.41) is 0. The van der Waals surface area contributed by atoms with Crippen molar-refractivity contribution in [1.29, 1.82) is 0 Å². The lowest BCUT2D eigenvalue weighted by Crippen LogP contribution is -2.30. The van der Waals surface area contributed by atoms with Gasteiger partial charge < -0.3 is 4.74 Å².